The van der Waals surface area contributed by atoms with Gasteiger partial charge in [0.2, 0.25) is 0 Å². The number of aromatic nitrogens is 1. The van der Waals surface area contributed by atoms with E-state index in [-0.39, 0.29) is 5.12 Å². The first-order valence-electron chi connectivity index (χ1n) is 2.91. The van der Waals surface area contributed by atoms with E-state index >= 15 is 0 Å². The van der Waals surface area contributed by atoms with Crippen molar-refractivity contribution in [2.24, 2.45) is 0 Å². The molecule has 0 atom stereocenters. The van der Waals surface area contributed by atoms with Crippen LogP contribution >= 0.6 is 34.7 Å². The largest absolute Gasteiger partial charge is 0.287 e. The zero-order valence-corrected chi connectivity index (χ0v) is 8.22. The number of thioether (sulfide) groups is 1. The molecule has 0 saturated carbocycles. The Bertz CT molecular complexity index is 261. The highest BCUT2D eigenvalue weighted by Crippen LogP contribution is 2.25. The summed E-state index contributed by atoms with van der Waals surface area (Å²) in [4.78, 5) is 15.6. The second kappa shape index (κ2) is 4.09. The molecule has 2 nitrogen and oxygen atoms in total. The molecule has 0 saturated heterocycles. The Morgan fingerprint density at radius 1 is 1.91 bits per heavy atom. The van der Waals surface area contributed by atoms with Gasteiger partial charge < -0.3 is 0 Å². The van der Waals surface area contributed by atoms with E-state index in [4.69, 9.17) is 11.6 Å². The Morgan fingerprint density at radius 2 is 2.64 bits per heavy atom. The molecule has 1 aromatic heterocycles. The number of nitrogens with zero attached hydrogens (tertiary/aromatic N) is 1. The molecule has 0 N–H and O–H groups in total. The summed E-state index contributed by atoms with van der Waals surface area (Å²) in [5, 5.41) is 0.0560. The Hall–Kier alpha value is -0.0600. The van der Waals surface area contributed by atoms with E-state index in [2.05, 4.69) is 4.98 Å². The van der Waals surface area contributed by atoms with Crippen molar-refractivity contribution in [2.45, 2.75) is 17.1 Å². The summed E-state index contributed by atoms with van der Waals surface area (Å²) in [5.41, 5.74) is 0. The number of rotatable bonds is 2. The van der Waals surface area contributed by atoms with Crippen LogP contribution in [0.3, 0.4) is 0 Å². The van der Waals surface area contributed by atoms with Crippen molar-refractivity contribution in [3.8, 4) is 0 Å². The maximum atomic E-state index is 10.6. The molecule has 11 heavy (non-hydrogen) atoms. The zero-order chi connectivity index (χ0) is 8.27. The van der Waals surface area contributed by atoms with E-state index in [9.17, 15) is 4.79 Å². The van der Waals surface area contributed by atoms with Gasteiger partial charge in [0.25, 0.3) is 0 Å². The molecule has 0 aliphatic heterocycles. The van der Waals surface area contributed by atoms with E-state index in [1.165, 1.54) is 18.3 Å². The third kappa shape index (κ3) is 2.81. The summed E-state index contributed by atoms with van der Waals surface area (Å²) in [6, 6.07) is 0. The standard InChI is InChI=1S/C6H6ClNOS2/c1-4(9)10-6-8-3-5(2-7)11-6/h3H,2H2,1H3. The predicted molar refractivity (Wildman–Crippen MR) is 48.2 cm³/mol. The fourth-order valence-electron chi connectivity index (χ4n) is 0.521. The third-order valence-corrected chi connectivity index (χ3v) is 3.20. The molecule has 0 fully saturated rings. The molecule has 0 spiro atoms. The van der Waals surface area contributed by atoms with Crippen molar-refractivity contribution >= 4 is 39.8 Å². The molecule has 1 heterocycles. The molecule has 1 rings (SSSR count). The van der Waals surface area contributed by atoms with Crippen molar-refractivity contribution in [1.29, 1.82) is 0 Å². The normalized spacial score (nSPS) is 10.0. The molecule has 0 aliphatic rings. The second-order valence-corrected chi connectivity index (χ2v) is 4.63. The smallest absolute Gasteiger partial charge is 0.192 e. The van der Waals surface area contributed by atoms with Crippen LogP contribution < -0.4 is 0 Å². The highest BCUT2D eigenvalue weighted by molar-refractivity contribution is 8.14. The quantitative estimate of drug-likeness (QED) is 0.552. The van der Waals surface area contributed by atoms with Crippen LogP contribution in [0, 0.1) is 0 Å². The summed E-state index contributed by atoms with van der Waals surface area (Å²) in [6.07, 6.45) is 1.70. The number of thiazole rings is 1. The Morgan fingerprint density at radius 3 is 3.09 bits per heavy atom. The maximum Gasteiger partial charge on any atom is 0.192 e. The summed E-state index contributed by atoms with van der Waals surface area (Å²) in [6.45, 7) is 1.52. The molecule has 0 aromatic carbocycles. The minimum Gasteiger partial charge on any atom is -0.287 e. The van der Waals surface area contributed by atoms with Crippen LogP contribution in [0.15, 0.2) is 10.5 Å². The van der Waals surface area contributed by atoms with Crippen molar-refractivity contribution in [3.05, 3.63) is 11.1 Å². The molecule has 5 heteroatoms. The number of carbonyl (C=O) groups is 1. The van der Waals surface area contributed by atoms with Gasteiger partial charge in [-0.1, -0.05) is 0 Å². The van der Waals surface area contributed by atoms with Gasteiger partial charge >= 0.3 is 0 Å². The topological polar surface area (TPSA) is 30.0 Å². The zero-order valence-electron chi connectivity index (χ0n) is 5.83. The first kappa shape index (κ1) is 9.03. The average molecular weight is 208 g/mol. The lowest BCUT2D eigenvalue weighted by Gasteiger charge is -1.85. The molecule has 1 aromatic rings. The number of alkyl halides is 1. The van der Waals surface area contributed by atoms with Gasteiger partial charge in [0, 0.05) is 18.0 Å². The summed E-state index contributed by atoms with van der Waals surface area (Å²) in [5.74, 6) is 0.468. The lowest BCUT2D eigenvalue weighted by molar-refractivity contribution is -0.109. The van der Waals surface area contributed by atoms with E-state index in [0.717, 1.165) is 21.0 Å². The van der Waals surface area contributed by atoms with Crippen LogP contribution in [0.2, 0.25) is 0 Å². The van der Waals surface area contributed by atoms with E-state index in [1.54, 1.807) is 6.20 Å². The molecule has 0 bridgehead atoms. The molecule has 0 radical (unpaired) electrons. The number of halogens is 1. The summed E-state index contributed by atoms with van der Waals surface area (Å²) < 4.78 is 0.771. The van der Waals surface area contributed by atoms with Gasteiger partial charge in [0.1, 0.15) is 0 Å². The average Bonchev–Trinajstić information content (AvgIpc) is 2.34. The van der Waals surface area contributed by atoms with Crippen LogP contribution in [0.25, 0.3) is 0 Å². The number of hydrogen-bond acceptors (Lipinski definition) is 4. The Kier molecular flexibility index (Phi) is 3.36. The Balaban J connectivity index is 2.65. The first-order chi connectivity index (χ1) is 5.22. The van der Waals surface area contributed by atoms with E-state index in [1.807, 2.05) is 0 Å². The minimum atomic E-state index is 0.0560. The molecule has 60 valence electrons. The Labute approximate surface area is 78.0 Å². The molecular weight excluding hydrogens is 202 g/mol. The number of hydrogen-bond donors (Lipinski definition) is 0. The van der Waals surface area contributed by atoms with Crippen LogP contribution in [0.4, 0.5) is 0 Å². The highest BCUT2D eigenvalue weighted by Gasteiger charge is 2.03. The monoisotopic (exact) mass is 207 g/mol. The van der Waals surface area contributed by atoms with Crippen molar-refractivity contribution in [1.82, 2.24) is 4.98 Å². The van der Waals surface area contributed by atoms with Crippen LogP contribution in [-0.4, -0.2) is 10.1 Å². The highest BCUT2D eigenvalue weighted by atomic mass is 35.5. The van der Waals surface area contributed by atoms with Crippen LogP contribution in [0.1, 0.15) is 11.8 Å². The SMILES string of the molecule is CC(=O)Sc1ncc(CCl)s1. The van der Waals surface area contributed by atoms with E-state index < -0.39 is 0 Å². The number of carbonyl (C=O) groups excluding carboxylic acids is 1. The lowest BCUT2D eigenvalue weighted by Crippen LogP contribution is -1.77. The van der Waals surface area contributed by atoms with Gasteiger partial charge in [-0.3, -0.25) is 4.79 Å². The van der Waals surface area contributed by atoms with Gasteiger partial charge in [0.15, 0.2) is 9.45 Å². The molecule has 0 amide bonds. The van der Waals surface area contributed by atoms with E-state index in [0.29, 0.717) is 5.88 Å². The minimum absolute atomic E-state index is 0.0560. The maximum absolute atomic E-state index is 10.6. The molecule has 0 unspecified atom stereocenters. The molecule has 0 aliphatic carbocycles. The summed E-state index contributed by atoms with van der Waals surface area (Å²) in [7, 11) is 0. The van der Waals surface area contributed by atoms with Crippen LogP contribution in [0.5, 0.6) is 0 Å². The fourth-order valence-corrected chi connectivity index (χ4v) is 2.43. The first-order valence-corrected chi connectivity index (χ1v) is 5.08. The van der Waals surface area contributed by atoms with Crippen LogP contribution in [-0.2, 0) is 10.7 Å². The fraction of sp³-hybridized carbons (Fsp3) is 0.333. The predicted octanol–water partition coefficient (Wildman–Crippen LogP) is 2.52. The van der Waals surface area contributed by atoms with Crippen molar-refractivity contribution in [2.75, 3.05) is 0 Å². The van der Waals surface area contributed by atoms with Crippen molar-refractivity contribution < 1.29 is 4.79 Å². The van der Waals surface area contributed by atoms with Gasteiger partial charge in [-0.25, -0.2) is 4.98 Å². The van der Waals surface area contributed by atoms with Gasteiger partial charge in [0.05, 0.1) is 5.88 Å². The van der Waals surface area contributed by atoms with Crippen molar-refractivity contribution in [3.63, 3.8) is 0 Å². The third-order valence-electron chi connectivity index (χ3n) is 0.895. The second-order valence-electron chi connectivity index (χ2n) is 1.82. The molecular formula is C6H6ClNOS2. The lowest BCUT2D eigenvalue weighted by atomic mass is 10.6. The van der Waals surface area contributed by atoms with Gasteiger partial charge in [-0.05, 0) is 11.8 Å². The summed E-state index contributed by atoms with van der Waals surface area (Å²) >= 11 is 8.16. The van der Waals surface area contributed by atoms with Gasteiger partial charge in [-0.2, -0.15) is 0 Å². The van der Waals surface area contributed by atoms with Gasteiger partial charge in [-0.15, -0.1) is 22.9 Å².